The van der Waals surface area contributed by atoms with E-state index in [0.717, 1.165) is 12.2 Å². The first-order valence-corrected chi connectivity index (χ1v) is 4.39. The molecule has 0 heterocycles. The zero-order chi connectivity index (χ0) is 7.94. The molecule has 1 aromatic rings. The second kappa shape index (κ2) is 4.97. The molecule has 1 aromatic carbocycles. The van der Waals surface area contributed by atoms with Crippen LogP contribution in [0.15, 0.2) is 41.4 Å². The highest BCUT2D eigenvalue weighted by molar-refractivity contribution is 9.11. The molecule has 0 aliphatic carbocycles. The van der Waals surface area contributed by atoms with Gasteiger partial charge in [0.2, 0.25) is 0 Å². The van der Waals surface area contributed by atoms with Crippen LogP contribution in [0.2, 0.25) is 0 Å². The van der Waals surface area contributed by atoms with Crippen molar-refractivity contribution in [3.8, 4) is 0 Å². The van der Waals surface area contributed by atoms with E-state index >= 15 is 0 Å². The predicted octanol–water partition coefficient (Wildman–Crippen LogP) is 3.01. The lowest BCUT2D eigenvalue weighted by Crippen LogP contribution is -1.96. The molecule has 0 fully saturated rings. The minimum absolute atomic E-state index is 0.856. The summed E-state index contributed by atoms with van der Waals surface area (Å²) in [5.41, 5.74) is 1.15. The highest BCUT2D eigenvalue weighted by atomic mass is 79.9. The van der Waals surface area contributed by atoms with Crippen molar-refractivity contribution in [3.63, 3.8) is 0 Å². The van der Waals surface area contributed by atoms with Gasteiger partial charge in [0.1, 0.15) is 0 Å². The SMILES string of the molecule is BrC=CCNc1ccccc1. The predicted molar refractivity (Wildman–Crippen MR) is 53.0 cm³/mol. The lowest BCUT2D eigenvalue weighted by molar-refractivity contribution is 1.34. The van der Waals surface area contributed by atoms with Gasteiger partial charge in [0.25, 0.3) is 0 Å². The molecule has 0 amide bonds. The van der Waals surface area contributed by atoms with Gasteiger partial charge in [0, 0.05) is 12.2 Å². The summed E-state index contributed by atoms with van der Waals surface area (Å²) >= 11 is 3.20. The van der Waals surface area contributed by atoms with Crippen LogP contribution in [0.25, 0.3) is 0 Å². The number of anilines is 1. The maximum absolute atomic E-state index is 3.23. The van der Waals surface area contributed by atoms with Crippen LogP contribution < -0.4 is 5.32 Å². The molecule has 58 valence electrons. The van der Waals surface area contributed by atoms with E-state index in [2.05, 4.69) is 21.2 Å². The standard InChI is InChI=1S/C9H10BrN/c10-7-4-8-11-9-5-2-1-3-6-9/h1-7,11H,8H2. The van der Waals surface area contributed by atoms with Crippen LogP contribution >= 0.6 is 15.9 Å². The van der Waals surface area contributed by atoms with E-state index in [-0.39, 0.29) is 0 Å². The molecule has 11 heavy (non-hydrogen) atoms. The van der Waals surface area contributed by atoms with Crippen LogP contribution in [0, 0.1) is 0 Å². The molecule has 0 unspecified atom stereocenters. The molecule has 2 heteroatoms. The maximum Gasteiger partial charge on any atom is 0.0342 e. The number of rotatable bonds is 3. The lowest BCUT2D eigenvalue weighted by atomic mass is 10.3. The van der Waals surface area contributed by atoms with E-state index in [0.29, 0.717) is 0 Å². The number of nitrogens with one attached hydrogen (secondary N) is 1. The summed E-state index contributed by atoms with van der Waals surface area (Å²) in [6, 6.07) is 10.1. The van der Waals surface area contributed by atoms with Gasteiger partial charge in [-0.25, -0.2) is 0 Å². The van der Waals surface area contributed by atoms with Crippen LogP contribution in [0.1, 0.15) is 0 Å². The number of para-hydroxylation sites is 1. The summed E-state index contributed by atoms with van der Waals surface area (Å²) in [4.78, 5) is 1.85. The van der Waals surface area contributed by atoms with E-state index in [9.17, 15) is 0 Å². The Morgan fingerprint density at radius 1 is 1.27 bits per heavy atom. The lowest BCUT2D eigenvalue weighted by Gasteiger charge is -2.00. The Bertz CT molecular complexity index is 218. The van der Waals surface area contributed by atoms with Gasteiger partial charge in [-0.1, -0.05) is 40.2 Å². The molecule has 0 saturated heterocycles. The third kappa shape index (κ3) is 3.23. The molecular formula is C9H10BrN. The Morgan fingerprint density at radius 2 is 2.00 bits per heavy atom. The average molecular weight is 212 g/mol. The summed E-state index contributed by atoms with van der Waals surface area (Å²) in [5, 5.41) is 3.23. The van der Waals surface area contributed by atoms with Crippen molar-refractivity contribution in [1.82, 2.24) is 0 Å². The molecule has 0 atom stereocenters. The van der Waals surface area contributed by atoms with Crippen molar-refractivity contribution in [2.45, 2.75) is 0 Å². The van der Waals surface area contributed by atoms with Gasteiger partial charge in [-0.05, 0) is 17.1 Å². The maximum atomic E-state index is 3.23. The molecule has 1 rings (SSSR count). The van der Waals surface area contributed by atoms with Crippen LogP contribution in [0.5, 0.6) is 0 Å². The highest BCUT2D eigenvalue weighted by Crippen LogP contribution is 2.03. The van der Waals surface area contributed by atoms with Crippen molar-refractivity contribution < 1.29 is 0 Å². The number of hydrogen-bond acceptors (Lipinski definition) is 1. The Morgan fingerprint density at radius 3 is 2.64 bits per heavy atom. The average Bonchev–Trinajstić information content (AvgIpc) is 2.07. The van der Waals surface area contributed by atoms with Crippen molar-refractivity contribution in [2.24, 2.45) is 0 Å². The minimum atomic E-state index is 0.856. The Labute approximate surface area is 75.3 Å². The van der Waals surface area contributed by atoms with Crippen molar-refractivity contribution in [1.29, 1.82) is 0 Å². The number of benzene rings is 1. The monoisotopic (exact) mass is 211 g/mol. The van der Waals surface area contributed by atoms with Gasteiger partial charge in [-0.3, -0.25) is 0 Å². The topological polar surface area (TPSA) is 12.0 Å². The van der Waals surface area contributed by atoms with E-state index in [1.165, 1.54) is 0 Å². The summed E-state index contributed by atoms with van der Waals surface area (Å²) in [6.07, 6.45) is 2.01. The zero-order valence-corrected chi connectivity index (χ0v) is 7.71. The fraction of sp³-hybridized carbons (Fsp3) is 0.111. The largest absolute Gasteiger partial charge is 0.382 e. The van der Waals surface area contributed by atoms with Crippen LogP contribution in [0.4, 0.5) is 5.69 Å². The first-order chi connectivity index (χ1) is 5.43. The van der Waals surface area contributed by atoms with E-state index in [1.807, 2.05) is 41.4 Å². The Hall–Kier alpha value is -0.760. The Balaban J connectivity index is 2.39. The minimum Gasteiger partial charge on any atom is -0.382 e. The van der Waals surface area contributed by atoms with Crippen molar-refractivity contribution in [3.05, 3.63) is 41.4 Å². The van der Waals surface area contributed by atoms with E-state index in [4.69, 9.17) is 0 Å². The third-order valence-corrected chi connectivity index (χ3v) is 1.66. The normalized spacial score (nSPS) is 10.3. The van der Waals surface area contributed by atoms with Crippen LogP contribution in [-0.2, 0) is 0 Å². The van der Waals surface area contributed by atoms with Crippen LogP contribution in [0.3, 0.4) is 0 Å². The van der Waals surface area contributed by atoms with E-state index < -0.39 is 0 Å². The fourth-order valence-corrected chi connectivity index (χ4v) is 0.964. The molecule has 0 radical (unpaired) electrons. The second-order valence-electron chi connectivity index (χ2n) is 2.11. The van der Waals surface area contributed by atoms with E-state index in [1.54, 1.807) is 0 Å². The van der Waals surface area contributed by atoms with Gasteiger partial charge < -0.3 is 5.32 Å². The first kappa shape index (κ1) is 8.34. The number of halogens is 1. The smallest absolute Gasteiger partial charge is 0.0342 e. The molecule has 0 aromatic heterocycles. The third-order valence-electron chi connectivity index (χ3n) is 1.29. The first-order valence-electron chi connectivity index (χ1n) is 3.47. The van der Waals surface area contributed by atoms with Gasteiger partial charge in [-0.2, -0.15) is 0 Å². The summed E-state index contributed by atoms with van der Waals surface area (Å²) < 4.78 is 0. The molecular weight excluding hydrogens is 202 g/mol. The summed E-state index contributed by atoms with van der Waals surface area (Å²) in [7, 11) is 0. The van der Waals surface area contributed by atoms with Crippen LogP contribution in [-0.4, -0.2) is 6.54 Å². The fourth-order valence-electron chi connectivity index (χ4n) is 0.777. The van der Waals surface area contributed by atoms with Gasteiger partial charge in [0.15, 0.2) is 0 Å². The second-order valence-corrected chi connectivity index (χ2v) is 2.64. The zero-order valence-electron chi connectivity index (χ0n) is 6.13. The molecule has 0 aliphatic rings. The van der Waals surface area contributed by atoms with Crippen molar-refractivity contribution in [2.75, 3.05) is 11.9 Å². The van der Waals surface area contributed by atoms with Gasteiger partial charge >= 0.3 is 0 Å². The number of hydrogen-bond donors (Lipinski definition) is 1. The molecule has 0 saturated carbocycles. The van der Waals surface area contributed by atoms with Gasteiger partial charge in [0.05, 0.1) is 0 Å². The molecule has 1 nitrogen and oxygen atoms in total. The van der Waals surface area contributed by atoms with Gasteiger partial charge in [-0.15, -0.1) is 0 Å². The molecule has 0 aliphatic heterocycles. The molecule has 0 spiro atoms. The quantitative estimate of drug-likeness (QED) is 0.811. The molecule has 1 N–H and O–H groups in total. The highest BCUT2D eigenvalue weighted by Gasteiger charge is 1.83. The Kier molecular flexibility index (Phi) is 3.76. The van der Waals surface area contributed by atoms with Crippen molar-refractivity contribution >= 4 is 21.6 Å². The summed E-state index contributed by atoms with van der Waals surface area (Å²) in [6.45, 7) is 0.856. The molecule has 0 bridgehead atoms. The summed E-state index contributed by atoms with van der Waals surface area (Å²) in [5.74, 6) is 0.